The molecule has 0 aliphatic rings. The first kappa shape index (κ1) is 10.2. The van der Waals surface area contributed by atoms with Crippen LogP contribution in [0.25, 0.3) is 0 Å². The van der Waals surface area contributed by atoms with Gasteiger partial charge in [-0.3, -0.25) is 11.1 Å². The minimum Gasteiger partial charge on any atom is -0.444 e. The lowest BCUT2D eigenvalue weighted by Crippen LogP contribution is -2.43. The van der Waals surface area contributed by atoms with Gasteiger partial charge < -0.3 is 9.84 Å². The van der Waals surface area contributed by atoms with Crippen molar-refractivity contribution in [2.24, 2.45) is 5.73 Å². The number of carbonyl (C=O) groups excluding carboxylic acids is 1. The van der Waals surface area contributed by atoms with Crippen molar-refractivity contribution in [1.82, 2.24) is 5.32 Å². The van der Waals surface area contributed by atoms with E-state index in [1.54, 1.807) is 20.8 Å². The number of nitrogens with one attached hydrogen (secondary N) is 1. The molecule has 1 atom stereocenters. The van der Waals surface area contributed by atoms with Gasteiger partial charge in [-0.15, -0.1) is 0 Å². The van der Waals surface area contributed by atoms with Crippen LogP contribution >= 0.6 is 0 Å². The number of hydrogen-bond donors (Lipinski definition) is 3. The van der Waals surface area contributed by atoms with Crippen molar-refractivity contribution in [2.75, 3.05) is 0 Å². The van der Waals surface area contributed by atoms with Crippen molar-refractivity contribution in [1.29, 1.82) is 0 Å². The molecule has 0 aromatic carbocycles. The second-order valence-electron chi connectivity index (χ2n) is 3.09. The monoisotopic (exact) mass is 162 g/mol. The lowest BCUT2D eigenvalue weighted by atomic mass is 10.2. The molecule has 5 heteroatoms. The van der Waals surface area contributed by atoms with Crippen LogP contribution in [0.5, 0.6) is 0 Å². The molecule has 66 valence electrons. The van der Waals surface area contributed by atoms with Gasteiger partial charge in [0.25, 0.3) is 0 Å². The molecule has 0 spiro atoms. The van der Waals surface area contributed by atoms with Gasteiger partial charge in [-0.1, -0.05) is 0 Å². The standard InChI is InChI=1S/C6H14N2O3/c1-6(2,3)11-5(10)8-4(7)9/h4,9H,7H2,1-3H3,(H,8,10). The highest BCUT2D eigenvalue weighted by Gasteiger charge is 2.16. The predicted molar refractivity (Wildman–Crippen MR) is 39.6 cm³/mol. The fourth-order valence-electron chi connectivity index (χ4n) is 0.428. The molecular formula is C6H14N2O3. The Morgan fingerprint density at radius 3 is 2.36 bits per heavy atom. The van der Waals surface area contributed by atoms with Gasteiger partial charge in [-0.2, -0.15) is 0 Å². The van der Waals surface area contributed by atoms with E-state index in [2.05, 4.69) is 0 Å². The van der Waals surface area contributed by atoms with Crippen LogP contribution in [0.15, 0.2) is 0 Å². The summed E-state index contributed by atoms with van der Waals surface area (Å²) in [5, 5.41) is 10.5. The number of aliphatic hydroxyl groups is 1. The Balaban J connectivity index is 3.71. The first-order valence-corrected chi connectivity index (χ1v) is 3.24. The van der Waals surface area contributed by atoms with E-state index in [0.717, 1.165) is 0 Å². The summed E-state index contributed by atoms with van der Waals surface area (Å²) >= 11 is 0. The molecule has 1 amide bonds. The predicted octanol–water partition coefficient (Wildman–Crippen LogP) is -0.254. The van der Waals surface area contributed by atoms with E-state index in [1.165, 1.54) is 0 Å². The largest absolute Gasteiger partial charge is 0.444 e. The molecule has 0 saturated carbocycles. The second kappa shape index (κ2) is 3.54. The zero-order valence-corrected chi connectivity index (χ0v) is 6.92. The summed E-state index contributed by atoms with van der Waals surface area (Å²) < 4.78 is 4.76. The lowest BCUT2D eigenvalue weighted by Gasteiger charge is -2.20. The van der Waals surface area contributed by atoms with E-state index in [9.17, 15) is 4.79 Å². The Hall–Kier alpha value is -0.810. The van der Waals surface area contributed by atoms with Crippen molar-refractivity contribution in [3.05, 3.63) is 0 Å². The zero-order valence-electron chi connectivity index (χ0n) is 6.92. The fourth-order valence-corrected chi connectivity index (χ4v) is 0.428. The third-order valence-electron chi connectivity index (χ3n) is 0.665. The first-order valence-electron chi connectivity index (χ1n) is 3.24. The van der Waals surface area contributed by atoms with Gasteiger partial charge in [-0.25, -0.2) is 4.79 Å². The highest BCUT2D eigenvalue weighted by atomic mass is 16.6. The molecule has 0 rings (SSSR count). The summed E-state index contributed by atoms with van der Waals surface area (Å²) in [5.41, 5.74) is 4.29. The summed E-state index contributed by atoms with van der Waals surface area (Å²) in [6.07, 6.45) is -2.10. The summed E-state index contributed by atoms with van der Waals surface area (Å²) in [6, 6.07) is 0. The Labute approximate surface area is 65.5 Å². The third-order valence-corrected chi connectivity index (χ3v) is 0.665. The minimum atomic E-state index is -1.37. The number of ether oxygens (including phenoxy) is 1. The number of nitrogens with two attached hydrogens (primary N) is 1. The molecule has 0 aromatic rings. The van der Waals surface area contributed by atoms with Crippen LogP contribution in [0.2, 0.25) is 0 Å². The molecule has 0 bridgehead atoms. The minimum absolute atomic E-state index is 0.570. The molecule has 1 unspecified atom stereocenters. The summed E-state index contributed by atoms with van der Waals surface area (Å²) in [5.74, 6) is 0. The van der Waals surface area contributed by atoms with E-state index in [1.807, 2.05) is 5.32 Å². The SMILES string of the molecule is CC(C)(C)OC(=O)NC(N)O. The fraction of sp³-hybridized carbons (Fsp3) is 0.833. The van der Waals surface area contributed by atoms with E-state index < -0.39 is 18.0 Å². The molecule has 11 heavy (non-hydrogen) atoms. The van der Waals surface area contributed by atoms with Gasteiger partial charge >= 0.3 is 6.09 Å². The number of rotatable bonds is 1. The summed E-state index contributed by atoms with van der Waals surface area (Å²) in [6.45, 7) is 5.15. The Morgan fingerprint density at radius 2 is 2.09 bits per heavy atom. The van der Waals surface area contributed by atoms with Crippen LogP contribution in [0.4, 0.5) is 4.79 Å². The molecule has 0 aliphatic carbocycles. The molecule has 0 aromatic heterocycles. The molecule has 5 nitrogen and oxygen atoms in total. The molecule has 0 aliphatic heterocycles. The molecule has 0 heterocycles. The van der Waals surface area contributed by atoms with Crippen molar-refractivity contribution in [2.45, 2.75) is 32.7 Å². The Bertz CT molecular complexity index is 139. The normalized spacial score (nSPS) is 13.9. The van der Waals surface area contributed by atoms with Gasteiger partial charge in [0.15, 0.2) is 6.35 Å². The van der Waals surface area contributed by atoms with Gasteiger partial charge in [-0.05, 0) is 20.8 Å². The van der Waals surface area contributed by atoms with Crippen LogP contribution in [0.1, 0.15) is 20.8 Å². The smallest absolute Gasteiger partial charge is 0.410 e. The van der Waals surface area contributed by atoms with Gasteiger partial charge in [0.1, 0.15) is 5.60 Å². The third kappa shape index (κ3) is 7.08. The molecule has 0 saturated heterocycles. The van der Waals surface area contributed by atoms with E-state index in [4.69, 9.17) is 15.6 Å². The highest BCUT2D eigenvalue weighted by molar-refractivity contribution is 5.67. The average molecular weight is 162 g/mol. The number of carbonyl (C=O) groups is 1. The second-order valence-corrected chi connectivity index (χ2v) is 3.09. The average Bonchev–Trinajstić information content (AvgIpc) is 1.53. The van der Waals surface area contributed by atoms with E-state index in [0.29, 0.717) is 0 Å². The quantitative estimate of drug-likeness (QED) is 0.464. The number of hydrogen-bond acceptors (Lipinski definition) is 4. The maximum Gasteiger partial charge on any atom is 0.410 e. The van der Waals surface area contributed by atoms with Crippen molar-refractivity contribution >= 4 is 6.09 Å². The summed E-state index contributed by atoms with van der Waals surface area (Å²) in [7, 11) is 0. The Morgan fingerprint density at radius 1 is 1.64 bits per heavy atom. The first-order chi connectivity index (χ1) is 4.81. The zero-order chi connectivity index (χ0) is 9.07. The van der Waals surface area contributed by atoms with Gasteiger partial charge in [0.2, 0.25) is 0 Å². The van der Waals surface area contributed by atoms with Crippen LogP contribution < -0.4 is 11.1 Å². The lowest BCUT2D eigenvalue weighted by molar-refractivity contribution is 0.0369. The van der Waals surface area contributed by atoms with Crippen LogP contribution in [0.3, 0.4) is 0 Å². The van der Waals surface area contributed by atoms with Crippen molar-refractivity contribution in [3.63, 3.8) is 0 Å². The number of aliphatic hydroxyl groups excluding tert-OH is 1. The van der Waals surface area contributed by atoms with Gasteiger partial charge in [0, 0.05) is 0 Å². The topological polar surface area (TPSA) is 84.6 Å². The molecular weight excluding hydrogens is 148 g/mol. The van der Waals surface area contributed by atoms with Crippen LogP contribution in [0, 0.1) is 0 Å². The van der Waals surface area contributed by atoms with Crippen molar-refractivity contribution < 1.29 is 14.6 Å². The van der Waals surface area contributed by atoms with Gasteiger partial charge in [0.05, 0.1) is 0 Å². The highest BCUT2D eigenvalue weighted by Crippen LogP contribution is 2.05. The Kier molecular flexibility index (Phi) is 3.28. The molecule has 4 N–H and O–H groups in total. The summed E-state index contributed by atoms with van der Waals surface area (Å²) in [4.78, 5) is 10.7. The van der Waals surface area contributed by atoms with Crippen LogP contribution in [-0.4, -0.2) is 23.2 Å². The van der Waals surface area contributed by atoms with Crippen molar-refractivity contribution in [3.8, 4) is 0 Å². The number of alkyl carbamates (subject to hydrolysis) is 1. The number of amides is 1. The van der Waals surface area contributed by atoms with E-state index in [-0.39, 0.29) is 0 Å². The maximum absolute atomic E-state index is 10.7. The molecule has 0 radical (unpaired) electrons. The van der Waals surface area contributed by atoms with E-state index >= 15 is 0 Å². The molecule has 0 fully saturated rings. The van der Waals surface area contributed by atoms with Crippen LogP contribution in [-0.2, 0) is 4.74 Å². The maximum atomic E-state index is 10.7.